The van der Waals surface area contributed by atoms with Crippen molar-refractivity contribution in [1.82, 2.24) is 0 Å². The summed E-state index contributed by atoms with van der Waals surface area (Å²) in [6.45, 7) is 11.9. The molecular formula is C14H29N. The largest absolute Gasteiger partial charge is 0.328 e. The molecule has 0 radical (unpaired) electrons. The molecular weight excluding hydrogens is 182 g/mol. The number of rotatable bonds is 3. The van der Waals surface area contributed by atoms with Crippen molar-refractivity contribution in [2.75, 3.05) is 0 Å². The van der Waals surface area contributed by atoms with Gasteiger partial charge in [0.25, 0.3) is 0 Å². The summed E-state index contributed by atoms with van der Waals surface area (Å²) in [5, 5.41) is 0. The lowest BCUT2D eigenvalue weighted by atomic mass is 9.67. The molecule has 0 aromatic carbocycles. The van der Waals surface area contributed by atoms with Gasteiger partial charge in [-0.25, -0.2) is 0 Å². The topological polar surface area (TPSA) is 26.0 Å². The summed E-state index contributed by atoms with van der Waals surface area (Å²) in [5.74, 6) is 2.50. The average Bonchev–Trinajstić information content (AvgIpc) is 2.10. The van der Waals surface area contributed by atoms with Crippen LogP contribution < -0.4 is 5.73 Å². The van der Waals surface area contributed by atoms with Gasteiger partial charge in [0.1, 0.15) is 0 Å². The van der Waals surface area contributed by atoms with E-state index < -0.39 is 0 Å². The zero-order chi connectivity index (χ0) is 11.6. The molecule has 0 aliphatic heterocycles. The molecule has 3 unspecified atom stereocenters. The van der Waals surface area contributed by atoms with E-state index in [4.69, 9.17) is 5.73 Å². The van der Waals surface area contributed by atoms with Gasteiger partial charge in [-0.1, -0.05) is 34.6 Å². The minimum absolute atomic E-state index is 0.467. The molecule has 0 spiro atoms. The second-order valence-electron chi connectivity index (χ2n) is 6.66. The lowest BCUT2D eigenvalue weighted by Gasteiger charge is -2.39. The van der Waals surface area contributed by atoms with Gasteiger partial charge in [0.15, 0.2) is 0 Å². The maximum Gasteiger partial charge on any atom is 0.00416 e. The summed E-state index contributed by atoms with van der Waals surface area (Å²) in [6.07, 6.45) is 5.16. The highest BCUT2D eigenvalue weighted by Gasteiger charge is 2.32. The van der Waals surface area contributed by atoms with Gasteiger partial charge in [0, 0.05) is 6.04 Å². The van der Waals surface area contributed by atoms with Crippen molar-refractivity contribution in [2.45, 2.75) is 66.3 Å². The van der Waals surface area contributed by atoms with Crippen molar-refractivity contribution in [1.29, 1.82) is 0 Å². The Morgan fingerprint density at radius 1 is 1.27 bits per heavy atom. The van der Waals surface area contributed by atoms with E-state index in [1.165, 1.54) is 25.7 Å². The molecule has 90 valence electrons. The van der Waals surface area contributed by atoms with Gasteiger partial charge in [-0.15, -0.1) is 0 Å². The van der Waals surface area contributed by atoms with Crippen molar-refractivity contribution >= 4 is 0 Å². The molecule has 0 aromatic heterocycles. The second kappa shape index (κ2) is 4.86. The molecule has 1 rings (SSSR count). The first-order valence-corrected chi connectivity index (χ1v) is 6.58. The zero-order valence-electron chi connectivity index (χ0n) is 11.2. The molecule has 0 saturated heterocycles. The predicted octanol–water partition coefficient (Wildman–Crippen LogP) is 3.82. The third kappa shape index (κ3) is 3.48. The average molecular weight is 211 g/mol. The highest BCUT2D eigenvalue weighted by atomic mass is 14.6. The van der Waals surface area contributed by atoms with E-state index in [1.807, 2.05) is 0 Å². The Hall–Kier alpha value is -0.0400. The lowest BCUT2D eigenvalue weighted by Crippen LogP contribution is -2.35. The third-order valence-electron chi connectivity index (χ3n) is 4.75. The fraction of sp³-hybridized carbons (Fsp3) is 1.00. The van der Waals surface area contributed by atoms with Crippen LogP contribution in [-0.4, -0.2) is 6.04 Å². The summed E-state index contributed by atoms with van der Waals surface area (Å²) >= 11 is 0. The van der Waals surface area contributed by atoms with Crippen LogP contribution in [0.1, 0.15) is 60.3 Å². The van der Waals surface area contributed by atoms with Gasteiger partial charge in [-0.05, 0) is 48.9 Å². The van der Waals surface area contributed by atoms with Crippen LogP contribution in [0.3, 0.4) is 0 Å². The lowest BCUT2D eigenvalue weighted by molar-refractivity contribution is 0.122. The Morgan fingerprint density at radius 3 is 2.40 bits per heavy atom. The summed E-state index contributed by atoms with van der Waals surface area (Å²) in [7, 11) is 0. The van der Waals surface area contributed by atoms with Crippen LogP contribution >= 0.6 is 0 Å². The normalized spacial score (nSPS) is 33.4. The molecule has 1 aliphatic carbocycles. The molecule has 15 heavy (non-hydrogen) atoms. The van der Waals surface area contributed by atoms with Crippen LogP contribution in [0.4, 0.5) is 0 Å². The molecule has 1 saturated carbocycles. The number of hydrogen-bond acceptors (Lipinski definition) is 1. The molecule has 1 heteroatoms. The van der Waals surface area contributed by atoms with Crippen LogP contribution in [0.15, 0.2) is 0 Å². The van der Waals surface area contributed by atoms with Crippen molar-refractivity contribution in [3.8, 4) is 0 Å². The molecule has 0 amide bonds. The van der Waals surface area contributed by atoms with Gasteiger partial charge < -0.3 is 5.73 Å². The standard InChI is InChI=1S/C14H29N/c1-10(2)14(4,5)9-12-8-13(15)7-6-11(12)3/h10-13H,6-9,15H2,1-5H3. The first-order chi connectivity index (χ1) is 6.83. The molecule has 3 atom stereocenters. The highest BCUT2D eigenvalue weighted by Crippen LogP contribution is 2.41. The smallest absolute Gasteiger partial charge is 0.00416 e. The minimum atomic E-state index is 0.467. The summed E-state index contributed by atoms with van der Waals surface area (Å²) in [6, 6.07) is 0.467. The van der Waals surface area contributed by atoms with E-state index in [9.17, 15) is 0 Å². The van der Waals surface area contributed by atoms with E-state index in [0.717, 1.165) is 17.8 Å². The van der Waals surface area contributed by atoms with E-state index >= 15 is 0 Å². The summed E-state index contributed by atoms with van der Waals surface area (Å²) in [4.78, 5) is 0. The first kappa shape index (κ1) is 13.0. The molecule has 0 heterocycles. The molecule has 1 nitrogen and oxygen atoms in total. The van der Waals surface area contributed by atoms with Gasteiger partial charge >= 0.3 is 0 Å². The van der Waals surface area contributed by atoms with E-state index in [2.05, 4.69) is 34.6 Å². The van der Waals surface area contributed by atoms with Gasteiger partial charge in [-0.2, -0.15) is 0 Å². The summed E-state index contributed by atoms with van der Waals surface area (Å²) in [5.41, 5.74) is 6.55. The Morgan fingerprint density at radius 2 is 1.87 bits per heavy atom. The number of hydrogen-bond donors (Lipinski definition) is 1. The maximum absolute atomic E-state index is 6.08. The van der Waals surface area contributed by atoms with Gasteiger partial charge in [-0.3, -0.25) is 0 Å². The SMILES string of the molecule is CC1CCC(N)CC1CC(C)(C)C(C)C. The van der Waals surface area contributed by atoms with Gasteiger partial charge in [0.05, 0.1) is 0 Å². The van der Waals surface area contributed by atoms with Crippen molar-refractivity contribution in [3.05, 3.63) is 0 Å². The van der Waals surface area contributed by atoms with Crippen LogP contribution in [0.25, 0.3) is 0 Å². The monoisotopic (exact) mass is 211 g/mol. The van der Waals surface area contributed by atoms with Crippen LogP contribution in [-0.2, 0) is 0 Å². The Balaban J connectivity index is 2.55. The molecule has 0 bridgehead atoms. The van der Waals surface area contributed by atoms with Crippen molar-refractivity contribution < 1.29 is 0 Å². The minimum Gasteiger partial charge on any atom is -0.328 e. The predicted molar refractivity (Wildman–Crippen MR) is 67.7 cm³/mol. The fourth-order valence-corrected chi connectivity index (χ4v) is 2.65. The first-order valence-electron chi connectivity index (χ1n) is 6.58. The Bertz CT molecular complexity index is 196. The van der Waals surface area contributed by atoms with Crippen molar-refractivity contribution in [3.63, 3.8) is 0 Å². The van der Waals surface area contributed by atoms with E-state index in [-0.39, 0.29) is 0 Å². The Kier molecular flexibility index (Phi) is 4.22. The van der Waals surface area contributed by atoms with Crippen LogP contribution in [0.2, 0.25) is 0 Å². The van der Waals surface area contributed by atoms with E-state index in [0.29, 0.717) is 11.5 Å². The summed E-state index contributed by atoms with van der Waals surface area (Å²) < 4.78 is 0. The fourth-order valence-electron chi connectivity index (χ4n) is 2.65. The maximum atomic E-state index is 6.08. The third-order valence-corrected chi connectivity index (χ3v) is 4.75. The highest BCUT2D eigenvalue weighted by molar-refractivity contribution is 4.85. The zero-order valence-corrected chi connectivity index (χ0v) is 11.2. The molecule has 0 aromatic rings. The van der Waals surface area contributed by atoms with Crippen molar-refractivity contribution in [2.24, 2.45) is 28.9 Å². The molecule has 1 aliphatic rings. The van der Waals surface area contributed by atoms with Gasteiger partial charge in [0.2, 0.25) is 0 Å². The van der Waals surface area contributed by atoms with Crippen LogP contribution in [0.5, 0.6) is 0 Å². The molecule has 2 N–H and O–H groups in total. The second-order valence-corrected chi connectivity index (χ2v) is 6.66. The van der Waals surface area contributed by atoms with Crippen LogP contribution in [0, 0.1) is 23.2 Å². The number of nitrogens with two attached hydrogens (primary N) is 1. The quantitative estimate of drug-likeness (QED) is 0.754. The molecule has 1 fully saturated rings. The van der Waals surface area contributed by atoms with E-state index in [1.54, 1.807) is 0 Å². The Labute approximate surface area is 95.8 Å².